The summed E-state index contributed by atoms with van der Waals surface area (Å²) in [4.78, 5) is 34.4. The molecule has 0 unspecified atom stereocenters. The molecule has 0 fully saturated rings. The number of furan rings is 1. The van der Waals surface area contributed by atoms with Crippen LogP contribution < -0.4 is 10.6 Å². The Labute approximate surface area is 155 Å². The molecule has 0 radical (unpaired) electrons. The number of aryl methyl sites for hydroxylation is 1. The lowest BCUT2D eigenvalue weighted by molar-refractivity contribution is -0.148. The Morgan fingerprint density at radius 2 is 1.96 bits per heavy atom. The summed E-state index contributed by atoms with van der Waals surface area (Å²) in [6.07, 6.45) is 1.66. The number of amides is 3. The number of benzene rings is 1. The minimum absolute atomic E-state index is 0.0276. The molecule has 0 aliphatic carbocycles. The molecule has 1 aromatic heterocycles. The van der Waals surface area contributed by atoms with Crippen molar-refractivity contribution in [1.29, 1.82) is 0 Å². The Balaban J connectivity index is 1.75. The van der Waals surface area contributed by atoms with Gasteiger partial charge in [0.1, 0.15) is 17.3 Å². The average Bonchev–Trinajstić information content (AvgIpc) is 3.12. The maximum Gasteiger partial charge on any atom is 0.321 e. The third-order valence-electron chi connectivity index (χ3n) is 3.40. The van der Waals surface area contributed by atoms with Crippen molar-refractivity contribution >= 4 is 17.9 Å². The first-order valence-electron chi connectivity index (χ1n) is 8.17. The Kier molecular flexibility index (Phi) is 7.30. The standard InChI is InChI=1S/C19H19FN2O5/c1-2-11-21-19(25)22-17(23)12-26-18(24)10-8-13-7-9-16(27-13)14-5-3-4-6-15(14)20/h2-7,9H,1,8,10-12H2,(H2,21,22,23,25). The van der Waals surface area contributed by atoms with Crippen LogP contribution in [0.3, 0.4) is 0 Å². The van der Waals surface area contributed by atoms with E-state index >= 15 is 0 Å². The zero-order valence-electron chi connectivity index (χ0n) is 14.5. The van der Waals surface area contributed by atoms with Crippen molar-refractivity contribution < 1.29 is 27.9 Å². The molecule has 2 N–H and O–H groups in total. The number of halogens is 1. The predicted octanol–water partition coefficient (Wildman–Crippen LogP) is 2.57. The quantitative estimate of drug-likeness (QED) is 0.547. The number of rotatable bonds is 8. The number of carbonyl (C=O) groups is 3. The van der Waals surface area contributed by atoms with Crippen LogP contribution in [0.1, 0.15) is 12.2 Å². The molecule has 7 nitrogen and oxygen atoms in total. The lowest BCUT2D eigenvalue weighted by atomic mass is 10.1. The van der Waals surface area contributed by atoms with Gasteiger partial charge in [-0.05, 0) is 24.3 Å². The van der Waals surface area contributed by atoms with E-state index in [1.807, 2.05) is 5.32 Å². The van der Waals surface area contributed by atoms with Crippen molar-refractivity contribution in [3.05, 3.63) is 60.6 Å². The van der Waals surface area contributed by atoms with E-state index in [2.05, 4.69) is 11.9 Å². The van der Waals surface area contributed by atoms with Gasteiger partial charge in [-0.3, -0.25) is 14.9 Å². The number of carbonyl (C=O) groups excluding carboxylic acids is 3. The first-order valence-corrected chi connectivity index (χ1v) is 8.17. The molecule has 0 spiro atoms. The predicted molar refractivity (Wildman–Crippen MR) is 95.1 cm³/mol. The fourth-order valence-corrected chi connectivity index (χ4v) is 2.13. The minimum atomic E-state index is -0.746. The molecule has 2 rings (SSSR count). The number of hydrogen-bond acceptors (Lipinski definition) is 5. The van der Waals surface area contributed by atoms with Crippen LogP contribution in [0.2, 0.25) is 0 Å². The zero-order chi connectivity index (χ0) is 19.6. The summed E-state index contributed by atoms with van der Waals surface area (Å²) < 4.78 is 24.0. The van der Waals surface area contributed by atoms with Gasteiger partial charge in [-0.25, -0.2) is 9.18 Å². The van der Waals surface area contributed by atoms with E-state index in [0.717, 1.165) is 0 Å². The summed E-state index contributed by atoms with van der Waals surface area (Å²) in [6, 6.07) is 8.76. The van der Waals surface area contributed by atoms with Crippen molar-refractivity contribution in [2.45, 2.75) is 12.8 Å². The molecule has 0 saturated carbocycles. The van der Waals surface area contributed by atoms with E-state index in [-0.39, 0.29) is 19.4 Å². The topological polar surface area (TPSA) is 97.6 Å². The van der Waals surface area contributed by atoms with Gasteiger partial charge < -0.3 is 14.5 Å². The van der Waals surface area contributed by atoms with Crippen molar-refractivity contribution in [3.63, 3.8) is 0 Å². The summed E-state index contributed by atoms with van der Waals surface area (Å²) in [5.41, 5.74) is 0.331. The number of urea groups is 1. The second kappa shape index (κ2) is 9.91. The van der Waals surface area contributed by atoms with Crippen molar-refractivity contribution in [3.8, 4) is 11.3 Å². The molecule has 3 amide bonds. The molecule has 8 heteroatoms. The molecule has 142 valence electrons. The summed E-state index contributed by atoms with van der Waals surface area (Å²) >= 11 is 0. The molecule has 0 bridgehead atoms. The first kappa shape index (κ1) is 19.9. The van der Waals surface area contributed by atoms with E-state index < -0.39 is 30.3 Å². The summed E-state index contributed by atoms with van der Waals surface area (Å²) in [5.74, 6) is -0.925. The highest BCUT2D eigenvalue weighted by atomic mass is 19.1. The fraction of sp³-hybridized carbons (Fsp3) is 0.211. The van der Waals surface area contributed by atoms with Gasteiger partial charge in [0.2, 0.25) is 0 Å². The second-order valence-corrected chi connectivity index (χ2v) is 5.45. The number of nitrogens with one attached hydrogen (secondary N) is 2. The highest BCUT2D eigenvalue weighted by Crippen LogP contribution is 2.25. The highest BCUT2D eigenvalue weighted by molar-refractivity contribution is 5.95. The lowest BCUT2D eigenvalue weighted by Crippen LogP contribution is -2.41. The number of imide groups is 1. The van der Waals surface area contributed by atoms with Gasteiger partial charge in [0.05, 0.1) is 12.0 Å². The van der Waals surface area contributed by atoms with Gasteiger partial charge in [-0.2, -0.15) is 0 Å². The smallest absolute Gasteiger partial charge is 0.321 e. The third-order valence-corrected chi connectivity index (χ3v) is 3.40. The molecular weight excluding hydrogens is 355 g/mol. The van der Waals surface area contributed by atoms with Crippen LogP contribution in [0.15, 0.2) is 53.5 Å². The van der Waals surface area contributed by atoms with Crippen LogP contribution in [0.25, 0.3) is 11.3 Å². The summed E-state index contributed by atoms with van der Waals surface area (Å²) in [7, 11) is 0. The largest absolute Gasteiger partial charge is 0.461 e. The van der Waals surface area contributed by atoms with Gasteiger partial charge in [-0.15, -0.1) is 6.58 Å². The van der Waals surface area contributed by atoms with Crippen LogP contribution in [-0.4, -0.2) is 31.1 Å². The fourth-order valence-electron chi connectivity index (χ4n) is 2.13. The van der Waals surface area contributed by atoms with Gasteiger partial charge >= 0.3 is 12.0 Å². The average molecular weight is 374 g/mol. The Morgan fingerprint density at radius 3 is 2.70 bits per heavy atom. The maximum atomic E-state index is 13.7. The van der Waals surface area contributed by atoms with E-state index in [4.69, 9.17) is 9.15 Å². The Morgan fingerprint density at radius 1 is 1.19 bits per heavy atom. The molecule has 0 saturated heterocycles. The molecule has 0 aliphatic heterocycles. The third kappa shape index (κ3) is 6.43. The van der Waals surface area contributed by atoms with Crippen LogP contribution in [-0.2, 0) is 20.7 Å². The normalized spacial score (nSPS) is 10.1. The number of esters is 1. The van der Waals surface area contributed by atoms with E-state index in [1.165, 1.54) is 12.1 Å². The van der Waals surface area contributed by atoms with Crippen LogP contribution >= 0.6 is 0 Å². The molecule has 1 aromatic carbocycles. The molecular formula is C19H19FN2O5. The first-order chi connectivity index (χ1) is 13.0. The van der Waals surface area contributed by atoms with Crippen LogP contribution in [0, 0.1) is 5.82 Å². The van der Waals surface area contributed by atoms with Crippen LogP contribution in [0.5, 0.6) is 0 Å². The van der Waals surface area contributed by atoms with Gasteiger partial charge in [0, 0.05) is 13.0 Å². The van der Waals surface area contributed by atoms with E-state index in [0.29, 0.717) is 17.1 Å². The molecule has 2 aromatic rings. The van der Waals surface area contributed by atoms with Crippen LogP contribution in [0.4, 0.5) is 9.18 Å². The molecule has 27 heavy (non-hydrogen) atoms. The van der Waals surface area contributed by atoms with Crippen molar-refractivity contribution in [1.82, 2.24) is 10.6 Å². The number of ether oxygens (including phenoxy) is 1. The second-order valence-electron chi connectivity index (χ2n) is 5.45. The van der Waals surface area contributed by atoms with E-state index in [1.54, 1.807) is 30.3 Å². The Bertz CT molecular complexity index is 831. The van der Waals surface area contributed by atoms with Crippen molar-refractivity contribution in [2.75, 3.05) is 13.2 Å². The SMILES string of the molecule is C=CCNC(=O)NC(=O)COC(=O)CCc1ccc(-c2ccccc2F)o1. The molecule has 0 atom stereocenters. The highest BCUT2D eigenvalue weighted by Gasteiger charge is 2.13. The van der Waals surface area contributed by atoms with Gasteiger partial charge in [0.25, 0.3) is 5.91 Å². The minimum Gasteiger partial charge on any atom is -0.461 e. The van der Waals surface area contributed by atoms with E-state index in [9.17, 15) is 18.8 Å². The number of hydrogen-bond donors (Lipinski definition) is 2. The van der Waals surface area contributed by atoms with Crippen molar-refractivity contribution in [2.24, 2.45) is 0 Å². The monoisotopic (exact) mass is 374 g/mol. The summed E-state index contributed by atoms with van der Waals surface area (Å²) in [5, 5.41) is 4.35. The molecule has 1 heterocycles. The maximum absolute atomic E-state index is 13.7. The van der Waals surface area contributed by atoms with Gasteiger partial charge in [-0.1, -0.05) is 18.2 Å². The lowest BCUT2D eigenvalue weighted by Gasteiger charge is -2.06. The zero-order valence-corrected chi connectivity index (χ0v) is 14.5. The molecule has 0 aliphatic rings. The van der Waals surface area contributed by atoms with Gasteiger partial charge in [0.15, 0.2) is 6.61 Å². The Hall–Kier alpha value is -3.42. The summed E-state index contributed by atoms with van der Waals surface area (Å²) in [6.45, 7) is 3.05.